The highest BCUT2D eigenvalue weighted by atomic mass is 19.1. The van der Waals surface area contributed by atoms with E-state index in [0.29, 0.717) is 0 Å². The Bertz CT molecular complexity index is 743. The summed E-state index contributed by atoms with van der Waals surface area (Å²) in [4.78, 5) is 15.7. The van der Waals surface area contributed by atoms with Gasteiger partial charge in [-0.25, -0.2) is 13.8 Å². The molecule has 0 bridgehead atoms. The molecule has 5 nitrogen and oxygen atoms in total. The van der Waals surface area contributed by atoms with Crippen LogP contribution in [-0.4, -0.2) is 17.5 Å². The second-order valence-corrected chi connectivity index (χ2v) is 4.84. The van der Waals surface area contributed by atoms with Crippen LogP contribution in [0.5, 0.6) is 5.75 Å². The number of carbonyl (C=O) groups excluding carboxylic acids is 1. The number of nitrogens with two attached hydrogens (primary N) is 1. The molecule has 0 spiro atoms. The van der Waals surface area contributed by atoms with Gasteiger partial charge in [0.25, 0.3) is 5.91 Å². The second-order valence-electron chi connectivity index (χ2n) is 4.84. The van der Waals surface area contributed by atoms with E-state index in [4.69, 9.17) is 10.5 Å². The predicted molar refractivity (Wildman–Crippen MR) is 86.5 cm³/mol. The maximum Gasteiger partial charge on any atom is 0.258 e. The van der Waals surface area contributed by atoms with Gasteiger partial charge in [-0.15, -0.1) is 0 Å². The van der Waals surface area contributed by atoms with Crippen LogP contribution >= 0.6 is 0 Å². The van der Waals surface area contributed by atoms with Crippen LogP contribution in [0.15, 0.2) is 42.6 Å². The number of amides is 1. The van der Waals surface area contributed by atoms with E-state index in [1.54, 1.807) is 18.2 Å². The molecule has 1 heterocycles. The number of ether oxygens (including phenoxy) is 1. The smallest absolute Gasteiger partial charge is 0.258 e. The first-order valence-corrected chi connectivity index (χ1v) is 7.24. The maximum absolute atomic E-state index is 14.3. The number of pyridine rings is 1. The number of halogens is 2. The molecule has 0 atom stereocenters. The lowest BCUT2D eigenvalue weighted by molar-refractivity contribution is 0.0947. The molecule has 24 heavy (non-hydrogen) atoms. The summed E-state index contributed by atoms with van der Waals surface area (Å²) in [5, 5.41) is 2.42. The molecule has 0 saturated carbocycles. The minimum atomic E-state index is -0.788. The van der Waals surface area contributed by atoms with Crippen molar-refractivity contribution in [3.8, 4) is 5.75 Å². The van der Waals surface area contributed by atoms with Gasteiger partial charge in [0.1, 0.15) is 23.8 Å². The van der Waals surface area contributed by atoms with Crippen LogP contribution < -0.4 is 15.8 Å². The maximum atomic E-state index is 14.3. The number of hydrogen-bond acceptors (Lipinski definition) is 4. The molecule has 0 aliphatic carbocycles. The van der Waals surface area contributed by atoms with Crippen LogP contribution in [0, 0.1) is 11.6 Å². The normalized spacial score (nSPS) is 10.8. The number of nitrogens with zero attached hydrogens (tertiary/aromatic N) is 1. The molecule has 1 amide bonds. The third-order valence-electron chi connectivity index (χ3n) is 3.21. The summed E-state index contributed by atoms with van der Waals surface area (Å²) >= 11 is 0. The van der Waals surface area contributed by atoms with Crippen molar-refractivity contribution in [2.45, 2.75) is 13.5 Å². The number of carbonyl (C=O) groups is 1. The number of nitrogen functional groups attached to an aromatic ring is 1. The number of aromatic nitrogens is 1. The zero-order valence-electron chi connectivity index (χ0n) is 13.1. The quantitative estimate of drug-likeness (QED) is 0.797. The van der Waals surface area contributed by atoms with E-state index < -0.39 is 17.5 Å². The molecule has 3 N–H and O–H groups in total. The van der Waals surface area contributed by atoms with Crippen molar-refractivity contribution in [3.63, 3.8) is 0 Å². The number of rotatable bonds is 6. The van der Waals surface area contributed by atoms with E-state index in [-0.39, 0.29) is 35.8 Å². The molecule has 2 rings (SSSR count). The standard InChI is InChI=1S/C17H17F2N3O2/c1-2-3-9-24-13-6-4-5-11(15(13)19)10-22-17(23)14-12(18)7-8-21-16(14)20/h2-8H,9-10H2,1H3,(H2,20,21)(H,22,23). The van der Waals surface area contributed by atoms with Gasteiger partial charge in [-0.05, 0) is 19.1 Å². The van der Waals surface area contributed by atoms with Gasteiger partial charge < -0.3 is 15.8 Å². The summed E-state index contributed by atoms with van der Waals surface area (Å²) in [5.41, 5.74) is 5.35. The fourth-order valence-electron chi connectivity index (χ4n) is 1.98. The van der Waals surface area contributed by atoms with Crippen molar-refractivity contribution in [2.75, 3.05) is 12.3 Å². The molecular formula is C17H17F2N3O2. The van der Waals surface area contributed by atoms with Crippen molar-refractivity contribution in [1.82, 2.24) is 10.3 Å². The lowest BCUT2D eigenvalue weighted by Crippen LogP contribution is -2.25. The number of hydrogen-bond donors (Lipinski definition) is 2. The Balaban J connectivity index is 2.09. The van der Waals surface area contributed by atoms with Crippen LogP contribution in [0.4, 0.5) is 14.6 Å². The van der Waals surface area contributed by atoms with Crippen molar-refractivity contribution < 1.29 is 18.3 Å². The summed E-state index contributed by atoms with van der Waals surface area (Å²) in [6.07, 6.45) is 4.68. The molecule has 2 aromatic rings. The van der Waals surface area contributed by atoms with Gasteiger partial charge in [0.15, 0.2) is 11.6 Å². The van der Waals surface area contributed by atoms with E-state index in [1.165, 1.54) is 12.1 Å². The second kappa shape index (κ2) is 8.05. The Morgan fingerprint density at radius 2 is 2.17 bits per heavy atom. The van der Waals surface area contributed by atoms with Crippen LogP contribution in [-0.2, 0) is 6.54 Å². The van der Waals surface area contributed by atoms with Gasteiger partial charge in [0.2, 0.25) is 0 Å². The third kappa shape index (κ3) is 4.07. The third-order valence-corrected chi connectivity index (χ3v) is 3.21. The molecular weight excluding hydrogens is 316 g/mol. The first-order valence-electron chi connectivity index (χ1n) is 7.24. The van der Waals surface area contributed by atoms with Gasteiger partial charge in [0.05, 0.1) is 0 Å². The highest BCUT2D eigenvalue weighted by Crippen LogP contribution is 2.21. The van der Waals surface area contributed by atoms with Crippen LogP contribution in [0.1, 0.15) is 22.8 Å². The van der Waals surface area contributed by atoms with Gasteiger partial charge in [-0.2, -0.15) is 0 Å². The summed E-state index contributed by atoms with van der Waals surface area (Å²) in [6, 6.07) is 5.63. The Morgan fingerprint density at radius 3 is 2.88 bits per heavy atom. The van der Waals surface area contributed by atoms with E-state index >= 15 is 0 Å². The Morgan fingerprint density at radius 1 is 1.38 bits per heavy atom. The molecule has 0 saturated heterocycles. The lowest BCUT2D eigenvalue weighted by atomic mass is 10.1. The van der Waals surface area contributed by atoms with Gasteiger partial charge in [-0.3, -0.25) is 4.79 Å². The first kappa shape index (κ1) is 17.4. The monoisotopic (exact) mass is 333 g/mol. The number of allylic oxidation sites excluding steroid dienone is 1. The molecule has 0 unspecified atom stereocenters. The van der Waals surface area contributed by atoms with Gasteiger partial charge >= 0.3 is 0 Å². The van der Waals surface area contributed by atoms with Crippen LogP contribution in [0.25, 0.3) is 0 Å². The largest absolute Gasteiger partial charge is 0.486 e. The average Bonchev–Trinajstić information content (AvgIpc) is 2.55. The first-order chi connectivity index (χ1) is 11.5. The zero-order chi connectivity index (χ0) is 17.5. The highest BCUT2D eigenvalue weighted by molar-refractivity contribution is 5.98. The molecule has 0 radical (unpaired) electrons. The number of anilines is 1. The summed E-state index contributed by atoms with van der Waals surface area (Å²) < 4.78 is 33.2. The van der Waals surface area contributed by atoms with Crippen molar-refractivity contribution in [2.24, 2.45) is 0 Å². The molecule has 0 fully saturated rings. The van der Waals surface area contributed by atoms with Gasteiger partial charge in [0, 0.05) is 18.3 Å². The van der Waals surface area contributed by atoms with E-state index in [9.17, 15) is 13.6 Å². The molecule has 1 aromatic heterocycles. The molecule has 0 aliphatic rings. The molecule has 1 aromatic carbocycles. The highest BCUT2D eigenvalue weighted by Gasteiger charge is 2.17. The summed E-state index contributed by atoms with van der Waals surface area (Å²) in [6.45, 7) is 1.93. The Labute approximate surface area is 138 Å². The minimum Gasteiger partial charge on any atom is -0.486 e. The molecule has 7 heteroatoms. The van der Waals surface area contributed by atoms with Crippen molar-refractivity contribution in [1.29, 1.82) is 0 Å². The molecule has 126 valence electrons. The minimum absolute atomic E-state index is 0.0759. The van der Waals surface area contributed by atoms with Crippen molar-refractivity contribution in [3.05, 3.63) is 65.4 Å². The number of nitrogens with one attached hydrogen (secondary N) is 1. The van der Waals surface area contributed by atoms with E-state index in [0.717, 1.165) is 12.3 Å². The lowest BCUT2D eigenvalue weighted by Gasteiger charge is -2.11. The van der Waals surface area contributed by atoms with Crippen LogP contribution in [0.2, 0.25) is 0 Å². The SMILES string of the molecule is CC=CCOc1cccc(CNC(=O)c2c(F)ccnc2N)c1F. The fraction of sp³-hybridized carbons (Fsp3) is 0.176. The fourth-order valence-corrected chi connectivity index (χ4v) is 1.98. The zero-order valence-corrected chi connectivity index (χ0v) is 13.1. The average molecular weight is 333 g/mol. The van der Waals surface area contributed by atoms with E-state index in [1.807, 2.05) is 6.92 Å². The Hall–Kier alpha value is -2.96. The summed E-state index contributed by atoms with van der Waals surface area (Å²) in [7, 11) is 0. The summed E-state index contributed by atoms with van der Waals surface area (Å²) in [5.74, 6) is -2.29. The predicted octanol–water partition coefficient (Wildman–Crippen LogP) is 2.83. The van der Waals surface area contributed by atoms with Crippen LogP contribution in [0.3, 0.4) is 0 Å². The molecule has 0 aliphatic heterocycles. The van der Waals surface area contributed by atoms with E-state index in [2.05, 4.69) is 10.3 Å². The Kier molecular flexibility index (Phi) is 5.83. The van der Waals surface area contributed by atoms with Gasteiger partial charge in [-0.1, -0.05) is 24.3 Å². The topological polar surface area (TPSA) is 77.2 Å². The number of benzene rings is 1. The van der Waals surface area contributed by atoms with Crippen molar-refractivity contribution >= 4 is 11.7 Å².